The Morgan fingerprint density at radius 1 is 1.27 bits per heavy atom. The average Bonchev–Trinajstić information content (AvgIpc) is 1.19. The van der Waals surface area contributed by atoms with Crippen LogP contribution in [0.3, 0.4) is 0 Å². The van der Waals surface area contributed by atoms with Crippen LogP contribution in [0, 0.1) is 0 Å². The molecule has 1 N–H and O–H groups in total. The molecule has 0 radical (unpaired) electrons. The van der Waals surface area contributed by atoms with E-state index in [1.165, 1.54) is 0 Å². The molecule has 0 unspecified atom stereocenters. The van der Waals surface area contributed by atoms with Crippen molar-refractivity contribution in [1.29, 1.82) is 0 Å². The third-order valence-electron chi connectivity index (χ3n) is 0. The van der Waals surface area contributed by atoms with Crippen molar-refractivity contribution in [2.75, 3.05) is 0 Å². The number of hydrogen-bond donors (Lipinski definition) is 1. The summed E-state index contributed by atoms with van der Waals surface area (Å²) < 4.78 is 34.1. The van der Waals surface area contributed by atoms with E-state index >= 15 is 0 Å². The van der Waals surface area contributed by atoms with E-state index in [9.17, 15) is 0 Å². The average molecular weight is 245 g/mol. The fourth-order valence-corrected chi connectivity index (χ4v) is 0. The zero-order chi connectivity index (χ0) is 8.08. The Morgan fingerprint density at radius 3 is 1.27 bits per heavy atom. The van der Waals surface area contributed by atoms with Crippen molar-refractivity contribution >= 4 is 16.6 Å². The first-order valence-corrected chi connectivity index (χ1v) is 2.63. The van der Waals surface area contributed by atoms with Crippen LogP contribution in [0.5, 0.6) is 0 Å². The van der Waals surface area contributed by atoms with Gasteiger partial charge in [-0.3, -0.25) is 8.42 Å². The van der Waals surface area contributed by atoms with Crippen LogP contribution in [0.1, 0.15) is 0 Å². The van der Waals surface area contributed by atoms with Crippen LogP contribution in [0.15, 0.2) is 0 Å². The summed E-state index contributed by atoms with van der Waals surface area (Å²) in [5, 5.41) is 15.3. The molecule has 11 heavy (non-hydrogen) atoms. The molecule has 0 aromatic carbocycles. The van der Waals surface area contributed by atoms with Gasteiger partial charge in [0.15, 0.2) is 0 Å². The molecule has 0 aliphatic heterocycles. The van der Waals surface area contributed by atoms with Crippen molar-refractivity contribution < 1.29 is 81.6 Å². The predicted octanol–water partition coefficient (Wildman–Crippen LogP) is -5.45. The molecule has 0 fully saturated rings. The van der Waals surface area contributed by atoms with Crippen LogP contribution in [-0.4, -0.2) is 28.8 Å². The largest absolute Gasteiger partial charge is 2.00 e. The molecule has 56 valence electrons. The summed E-state index contributed by atoms with van der Waals surface area (Å²) in [7, 11) is -5.17. The first kappa shape index (κ1) is 22.6. The van der Waals surface area contributed by atoms with Crippen LogP contribution < -0.4 is 34.7 Å². The van der Waals surface area contributed by atoms with Crippen LogP contribution in [-0.2, 0) is 29.9 Å². The Balaban J connectivity index is -0.0000000383. The molecule has 7 nitrogen and oxygen atoms in total. The summed E-state index contributed by atoms with van der Waals surface area (Å²) in [5.74, 6) is 0. The molecule has 0 spiro atoms. The molecule has 0 atom stereocenters. The maximum atomic E-state index is 8.52. The van der Waals surface area contributed by atoms with Crippen molar-refractivity contribution in [2.45, 2.75) is 0 Å². The Labute approximate surface area is 97.4 Å². The molecule has 10 heteroatoms. The van der Waals surface area contributed by atoms with E-state index in [1.54, 1.807) is 0 Å². The van der Waals surface area contributed by atoms with Gasteiger partial charge in [0.05, 0.1) is 0 Å². The van der Waals surface area contributed by atoms with Gasteiger partial charge in [0.25, 0.3) is 0 Å². The van der Waals surface area contributed by atoms with Crippen LogP contribution in [0.2, 0.25) is 0 Å². The van der Waals surface area contributed by atoms with Crippen LogP contribution in [0.4, 0.5) is 4.79 Å². The standard InChI is InChI=1S/CH2O3.Na.H2O4S.Zn/c2-1(3)4;;1-5(2,3)4;/h(H2,2,3,4);;(H2,1,2,3,4);/q;+1;;+2/p-3. The smallest absolute Gasteiger partial charge is 0.759 e. The van der Waals surface area contributed by atoms with Gasteiger partial charge in [-0.1, -0.05) is 0 Å². The van der Waals surface area contributed by atoms with Crippen molar-refractivity contribution in [3.63, 3.8) is 0 Å². The monoisotopic (exact) mass is 244 g/mol. The maximum absolute atomic E-state index is 8.52. The minimum Gasteiger partial charge on any atom is -0.759 e. The third kappa shape index (κ3) is 1420. The second-order valence-corrected chi connectivity index (χ2v) is 1.49. The van der Waals surface area contributed by atoms with Crippen LogP contribution >= 0.6 is 0 Å². The SMILES string of the molecule is O=C([O-])O.O=S(=O)([O-])[O-].[Na+].[Zn+2]. The minimum absolute atomic E-state index is 0. The predicted molar refractivity (Wildman–Crippen MR) is 18.5 cm³/mol. The molecule has 0 aliphatic carbocycles. The van der Waals surface area contributed by atoms with E-state index in [1.807, 2.05) is 0 Å². The van der Waals surface area contributed by atoms with Gasteiger partial charge >= 0.3 is 49.0 Å². The molecule has 0 amide bonds. The van der Waals surface area contributed by atoms with E-state index in [4.69, 9.17) is 32.5 Å². The third-order valence-corrected chi connectivity index (χ3v) is 0. The summed E-state index contributed by atoms with van der Waals surface area (Å²) in [4.78, 5) is 8.44. The van der Waals surface area contributed by atoms with E-state index in [0.29, 0.717) is 0 Å². The zero-order valence-corrected chi connectivity index (χ0v) is 11.3. The first-order chi connectivity index (χ1) is 3.73. The van der Waals surface area contributed by atoms with Crippen molar-refractivity contribution in [3.8, 4) is 0 Å². The van der Waals surface area contributed by atoms with Gasteiger partial charge in [0, 0.05) is 10.4 Å². The Hall–Kier alpha value is 0.763. The summed E-state index contributed by atoms with van der Waals surface area (Å²) in [6.45, 7) is 0. The van der Waals surface area contributed by atoms with Gasteiger partial charge < -0.3 is 24.1 Å². The number of hydrogen-bond acceptors (Lipinski definition) is 6. The van der Waals surface area contributed by atoms with Gasteiger partial charge in [-0.2, -0.15) is 0 Å². The van der Waals surface area contributed by atoms with Crippen molar-refractivity contribution in [1.82, 2.24) is 0 Å². The summed E-state index contributed by atoms with van der Waals surface area (Å²) in [5.41, 5.74) is 0. The van der Waals surface area contributed by atoms with E-state index in [2.05, 4.69) is 0 Å². The van der Waals surface area contributed by atoms with Gasteiger partial charge in [-0.15, -0.1) is 0 Å². The molecule has 0 saturated heterocycles. The molecule has 0 rings (SSSR count). The van der Waals surface area contributed by atoms with Gasteiger partial charge in [0.2, 0.25) is 6.16 Å². The first-order valence-electron chi connectivity index (χ1n) is 1.30. The molecule has 0 bridgehead atoms. The maximum Gasteiger partial charge on any atom is 2.00 e. The normalized spacial score (nSPS) is 7.45. The molecule has 0 heterocycles. The number of carboxylic acid groups (broad SMARTS) is 2. The quantitative estimate of drug-likeness (QED) is 0.255. The molecule has 0 aliphatic rings. The summed E-state index contributed by atoms with van der Waals surface area (Å²) in [6.07, 6.45) is -2.08. The van der Waals surface area contributed by atoms with E-state index in [0.717, 1.165) is 0 Å². The summed E-state index contributed by atoms with van der Waals surface area (Å²) >= 11 is 0. The van der Waals surface area contributed by atoms with Gasteiger partial charge in [-0.05, 0) is 0 Å². The Kier molecular flexibility index (Phi) is 22.1. The van der Waals surface area contributed by atoms with Gasteiger partial charge in [0.1, 0.15) is 0 Å². The molecular formula is CHNaO7SZn. The zero-order valence-electron chi connectivity index (χ0n) is 5.51. The molecule has 0 aromatic heterocycles. The molecule has 0 aromatic rings. The Morgan fingerprint density at radius 2 is 1.27 bits per heavy atom. The van der Waals surface area contributed by atoms with Crippen LogP contribution in [0.25, 0.3) is 0 Å². The second kappa shape index (κ2) is 10.8. The Bertz CT molecular complexity index is 161. The summed E-state index contributed by atoms with van der Waals surface area (Å²) in [6, 6.07) is 0. The molecular weight excluding hydrogens is 244 g/mol. The van der Waals surface area contributed by atoms with E-state index in [-0.39, 0.29) is 49.0 Å². The second-order valence-electron chi connectivity index (χ2n) is 0.674. The van der Waals surface area contributed by atoms with Crippen molar-refractivity contribution in [3.05, 3.63) is 0 Å². The van der Waals surface area contributed by atoms with E-state index < -0.39 is 16.6 Å². The number of carbonyl (C=O) groups is 1. The van der Waals surface area contributed by atoms with Gasteiger partial charge in [-0.25, -0.2) is 0 Å². The fraction of sp³-hybridized carbons (Fsp3) is 0. The minimum atomic E-state index is -5.17. The fourth-order valence-electron chi connectivity index (χ4n) is 0. The number of rotatable bonds is 0. The molecule has 0 saturated carbocycles. The topological polar surface area (TPSA) is 141 Å². The van der Waals surface area contributed by atoms with Crippen molar-refractivity contribution in [2.24, 2.45) is 0 Å².